The molecule has 0 fully saturated rings. The van der Waals surface area contributed by atoms with Crippen LogP contribution in [0, 0.1) is 0 Å². The predicted octanol–water partition coefficient (Wildman–Crippen LogP) is 4.59. The Hall–Kier alpha value is -3.95. The van der Waals surface area contributed by atoms with Crippen LogP contribution in [0.4, 0.5) is 5.82 Å². The number of methoxy groups -OCH3 is 1. The Morgan fingerprint density at radius 1 is 1.19 bits per heavy atom. The second kappa shape index (κ2) is 14.0. The maximum Gasteiger partial charge on any atom is 0.328 e. The van der Waals surface area contributed by atoms with Crippen LogP contribution in [0.15, 0.2) is 67.2 Å². The Bertz CT molecular complexity index is 1280. The van der Waals surface area contributed by atoms with Crippen molar-refractivity contribution in [1.82, 2.24) is 14.9 Å². The van der Waals surface area contributed by atoms with Crippen LogP contribution in [-0.4, -0.2) is 70.3 Å². The van der Waals surface area contributed by atoms with Gasteiger partial charge in [-0.25, -0.2) is 19.6 Å². The number of hydrogen-bond donors (Lipinski definition) is 3. The lowest BCUT2D eigenvalue weighted by Gasteiger charge is -2.27. The summed E-state index contributed by atoms with van der Waals surface area (Å²) in [6.07, 6.45) is 8.78. The SMILES string of the molecule is COc1cncnc1NCCCN1CC=C(c2cccc3ccc(Cl)cc23)CC1.O=C(O)C=CC(=O)O. The molecule has 2 aromatic carbocycles. The summed E-state index contributed by atoms with van der Waals surface area (Å²) in [6, 6.07) is 12.6. The fourth-order valence-corrected chi connectivity index (χ4v) is 4.11. The summed E-state index contributed by atoms with van der Waals surface area (Å²) < 4.78 is 5.27. The van der Waals surface area contributed by atoms with Crippen LogP contribution >= 0.6 is 11.6 Å². The Labute approximate surface area is 220 Å². The van der Waals surface area contributed by atoms with Crippen molar-refractivity contribution < 1.29 is 24.5 Å². The van der Waals surface area contributed by atoms with E-state index in [0.29, 0.717) is 17.9 Å². The molecule has 194 valence electrons. The maximum absolute atomic E-state index is 9.55. The monoisotopic (exact) mass is 524 g/mol. The average molecular weight is 525 g/mol. The molecule has 3 aromatic rings. The van der Waals surface area contributed by atoms with E-state index in [0.717, 1.165) is 49.9 Å². The molecule has 37 heavy (non-hydrogen) atoms. The topological polar surface area (TPSA) is 125 Å². The molecular formula is C27H29ClN4O5. The van der Waals surface area contributed by atoms with Crippen LogP contribution in [0.3, 0.4) is 0 Å². The van der Waals surface area contributed by atoms with Crippen molar-refractivity contribution in [3.8, 4) is 5.75 Å². The summed E-state index contributed by atoms with van der Waals surface area (Å²) >= 11 is 6.24. The van der Waals surface area contributed by atoms with Crippen molar-refractivity contribution in [2.75, 3.05) is 38.6 Å². The van der Waals surface area contributed by atoms with Gasteiger partial charge in [0.25, 0.3) is 0 Å². The maximum atomic E-state index is 9.55. The van der Waals surface area contributed by atoms with E-state index in [1.54, 1.807) is 13.3 Å². The summed E-state index contributed by atoms with van der Waals surface area (Å²) in [4.78, 5) is 29.8. The highest BCUT2D eigenvalue weighted by atomic mass is 35.5. The molecule has 1 aliphatic rings. The van der Waals surface area contributed by atoms with E-state index in [4.69, 9.17) is 26.6 Å². The fourth-order valence-electron chi connectivity index (χ4n) is 3.93. The highest BCUT2D eigenvalue weighted by Crippen LogP contribution is 2.31. The van der Waals surface area contributed by atoms with Crippen LogP contribution in [0.1, 0.15) is 18.4 Å². The Morgan fingerprint density at radius 3 is 2.65 bits per heavy atom. The lowest BCUT2D eigenvalue weighted by Crippen LogP contribution is -2.30. The molecule has 10 heteroatoms. The van der Waals surface area contributed by atoms with E-state index < -0.39 is 11.9 Å². The predicted molar refractivity (Wildman–Crippen MR) is 144 cm³/mol. The summed E-state index contributed by atoms with van der Waals surface area (Å²) in [5, 5.41) is 22.2. The number of halogens is 1. The van der Waals surface area contributed by atoms with Gasteiger partial charge in [0.2, 0.25) is 0 Å². The van der Waals surface area contributed by atoms with Gasteiger partial charge in [-0.15, -0.1) is 0 Å². The van der Waals surface area contributed by atoms with Gasteiger partial charge in [-0.1, -0.05) is 41.9 Å². The zero-order valence-corrected chi connectivity index (χ0v) is 21.2. The molecule has 0 saturated carbocycles. The van der Waals surface area contributed by atoms with Gasteiger partial charge in [-0.2, -0.15) is 0 Å². The van der Waals surface area contributed by atoms with Gasteiger partial charge in [-0.3, -0.25) is 4.90 Å². The molecule has 0 amide bonds. The van der Waals surface area contributed by atoms with Gasteiger partial charge in [0, 0.05) is 43.4 Å². The van der Waals surface area contributed by atoms with E-state index in [2.05, 4.69) is 56.6 Å². The Kier molecular flexibility index (Phi) is 10.4. The number of hydrogen-bond acceptors (Lipinski definition) is 7. The first-order valence-electron chi connectivity index (χ1n) is 11.7. The van der Waals surface area contributed by atoms with Crippen molar-refractivity contribution in [2.24, 2.45) is 0 Å². The number of ether oxygens (including phenoxy) is 1. The highest BCUT2D eigenvalue weighted by molar-refractivity contribution is 6.31. The third kappa shape index (κ3) is 8.59. The largest absolute Gasteiger partial charge is 0.491 e. The smallest absolute Gasteiger partial charge is 0.328 e. The van der Waals surface area contributed by atoms with Gasteiger partial charge in [0.15, 0.2) is 11.6 Å². The number of aliphatic carboxylic acids is 2. The molecule has 0 unspecified atom stereocenters. The summed E-state index contributed by atoms with van der Waals surface area (Å²) in [5.41, 5.74) is 2.72. The molecule has 0 radical (unpaired) electrons. The van der Waals surface area contributed by atoms with Gasteiger partial charge < -0.3 is 20.3 Å². The summed E-state index contributed by atoms with van der Waals surface area (Å²) in [7, 11) is 1.63. The van der Waals surface area contributed by atoms with E-state index >= 15 is 0 Å². The minimum atomic E-state index is -1.26. The average Bonchev–Trinajstić information content (AvgIpc) is 2.90. The molecule has 3 N–H and O–H groups in total. The standard InChI is InChI=1S/C23H25ClN4O.C4H4O4/c1-29-22-15-25-16-27-23(22)26-10-3-11-28-12-8-18(9-13-28)20-5-2-4-17-6-7-19(24)14-21(17)20;5-3(6)1-2-4(7)8/h2,4-8,14-16H,3,9-13H2,1H3,(H,25,26,27);1-2H,(H,5,6)(H,7,8). The second-order valence-corrected chi connectivity index (χ2v) is 8.62. The van der Waals surface area contributed by atoms with Crippen LogP contribution in [-0.2, 0) is 9.59 Å². The van der Waals surface area contributed by atoms with Gasteiger partial charge in [-0.05, 0) is 46.9 Å². The molecule has 0 atom stereocenters. The summed E-state index contributed by atoms with van der Waals surface area (Å²) in [6.45, 7) is 3.94. The first-order chi connectivity index (χ1) is 17.9. The van der Waals surface area contributed by atoms with Crippen molar-refractivity contribution in [3.63, 3.8) is 0 Å². The number of benzene rings is 2. The number of fused-ring (bicyclic) bond motifs is 1. The first-order valence-corrected chi connectivity index (χ1v) is 12.1. The number of nitrogens with one attached hydrogen (secondary N) is 1. The fraction of sp³-hybridized carbons (Fsp3) is 0.259. The number of anilines is 1. The summed E-state index contributed by atoms with van der Waals surface area (Å²) in [5.74, 6) is -1.09. The second-order valence-electron chi connectivity index (χ2n) is 8.18. The van der Waals surface area contributed by atoms with Crippen LogP contribution < -0.4 is 10.1 Å². The molecule has 2 heterocycles. The van der Waals surface area contributed by atoms with E-state index in [9.17, 15) is 9.59 Å². The Balaban J connectivity index is 0.000000414. The van der Waals surface area contributed by atoms with E-state index in [-0.39, 0.29) is 0 Å². The van der Waals surface area contributed by atoms with Crippen LogP contribution in [0.25, 0.3) is 16.3 Å². The first kappa shape index (κ1) is 27.6. The minimum absolute atomic E-state index is 0.558. The van der Waals surface area contributed by atoms with Gasteiger partial charge >= 0.3 is 11.9 Å². The molecule has 0 saturated heterocycles. The molecule has 0 bridgehead atoms. The molecule has 1 aliphatic heterocycles. The third-order valence-electron chi connectivity index (χ3n) is 5.69. The third-order valence-corrected chi connectivity index (χ3v) is 5.93. The number of aromatic nitrogens is 2. The number of carbonyl (C=O) groups is 2. The van der Waals surface area contributed by atoms with Crippen molar-refractivity contribution in [1.29, 1.82) is 0 Å². The van der Waals surface area contributed by atoms with Crippen LogP contribution in [0.5, 0.6) is 5.75 Å². The van der Waals surface area contributed by atoms with Gasteiger partial charge in [0.1, 0.15) is 6.33 Å². The zero-order valence-electron chi connectivity index (χ0n) is 20.4. The zero-order chi connectivity index (χ0) is 26.6. The number of nitrogens with zero attached hydrogens (tertiary/aromatic N) is 3. The highest BCUT2D eigenvalue weighted by Gasteiger charge is 2.14. The van der Waals surface area contributed by atoms with E-state index in [1.807, 2.05) is 6.07 Å². The van der Waals surface area contributed by atoms with Crippen molar-refractivity contribution in [3.05, 3.63) is 77.7 Å². The molecule has 0 spiro atoms. The lowest BCUT2D eigenvalue weighted by atomic mass is 9.94. The quantitative estimate of drug-likeness (QED) is 0.272. The molecule has 1 aromatic heterocycles. The van der Waals surface area contributed by atoms with Crippen LogP contribution in [0.2, 0.25) is 5.02 Å². The lowest BCUT2D eigenvalue weighted by molar-refractivity contribution is -0.134. The molecule has 0 aliphatic carbocycles. The van der Waals surface area contributed by atoms with Crippen molar-refractivity contribution in [2.45, 2.75) is 12.8 Å². The normalized spacial score (nSPS) is 13.5. The molecule has 4 rings (SSSR count). The van der Waals surface area contributed by atoms with Gasteiger partial charge in [0.05, 0.1) is 13.3 Å². The van der Waals surface area contributed by atoms with Crippen molar-refractivity contribution >= 4 is 45.7 Å². The molecular weight excluding hydrogens is 496 g/mol. The number of rotatable bonds is 9. The Morgan fingerprint density at radius 2 is 1.97 bits per heavy atom. The number of carboxylic acid groups (broad SMARTS) is 2. The number of carboxylic acids is 2. The molecule has 9 nitrogen and oxygen atoms in total. The van der Waals surface area contributed by atoms with E-state index in [1.165, 1.54) is 28.2 Å². The minimum Gasteiger partial charge on any atom is -0.491 e.